The highest BCUT2D eigenvalue weighted by Crippen LogP contribution is 2.10. The van der Waals surface area contributed by atoms with E-state index >= 15 is 0 Å². The van der Waals surface area contributed by atoms with Crippen molar-refractivity contribution in [3.63, 3.8) is 0 Å². The predicted molar refractivity (Wildman–Crippen MR) is 52.8 cm³/mol. The third-order valence-electron chi connectivity index (χ3n) is 2.07. The highest BCUT2D eigenvalue weighted by molar-refractivity contribution is 5.69. The Kier molecular flexibility index (Phi) is 4.23. The van der Waals surface area contributed by atoms with E-state index in [-0.39, 0.29) is 12.6 Å². The van der Waals surface area contributed by atoms with Crippen molar-refractivity contribution in [3.05, 3.63) is 23.7 Å². The second-order valence-electron chi connectivity index (χ2n) is 3.29. The van der Waals surface area contributed by atoms with Crippen molar-refractivity contribution in [2.75, 3.05) is 0 Å². The van der Waals surface area contributed by atoms with E-state index in [2.05, 4.69) is 0 Å². The zero-order valence-electron chi connectivity index (χ0n) is 8.71. The van der Waals surface area contributed by atoms with E-state index in [9.17, 15) is 4.79 Å². The number of rotatable bonds is 5. The van der Waals surface area contributed by atoms with Gasteiger partial charge in [-0.25, -0.2) is 0 Å². The quantitative estimate of drug-likeness (QED) is 0.680. The lowest BCUT2D eigenvalue weighted by atomic mass is 10.2. The lowest BCUT2D eigenvalue weighted by Gasteiger charge is -2.02. The molecular formula is C11H16O3. The summed E-state index contributed by atoms with van der Waals surface area (Å²) in [6.07, 6.45) is 3.99. The summed E-state index contributed by atoms with van der Waals surface area (Å²) in [4.78, 5) is 11.1. The van der Waals surface area contributed by atoms with Crippen LogP contribution < -0.4 is 0 Å². The Morgan fingerprint density at radius 3 is 2.93 bits per heavy atom. The normalized spacial score (nSPS) is 10.1. The molecule has 3 nitrogen and oxygen atoms in total. The van der Waals surface area contributed by atoms with E-state index in [1.54, 1.807) is 6.26 Å². The molecule has 0 aliphatic heterocycles. The molecule has 0 saturated carbocycles. The first-order chi connectivity index (χ1) is 6.74. The zero-order valence-corrected chi connectivity index (χ0v) is 8.71. The molecule has 3 heteroatoms. The summed E-state index contributed by atoms with van der Waals surface area (Å²) in [6.45, 7) is 4.23. The van der Waals surface area contributed by atoms with Gasteiger partial charge in [0.25, 0.3) is 0 Å². The van der Waals surface area contributed by atoms with Gasteiger partial charge in [-0.3, -0.25) is 4.79 Å². The molecule has 0 aliphatic rings. The molecule has 78 valence electrons. The molecule has 0 N–H and O–H groups in total. The molecule has 0 saturated heterocycles. The molecule has 0 amide bonds. The fraction of sp³-hybridized carbons (Fsp3) is 0.545. The van der Waals surface area contributed by atoms with Crippen LogP contribution in [0.5, 0.6) is 0 Å². The maximum Gasteiger partial charge on any atom is 0.306 e. The number of unbranched alkanes of at least 4 members (excludes halogenated alkanes) is 1. The first-order valence-electron chi connectivity index (χ1n) is 4.92. The lowest BCUT2D eigenvalue weighted by molar-refractivity contribution is -0.145. The van der Waals surface area contributed by atoms with Crippen LogP contribution in [0.3, 0.4) is 0 Å². The molecule has 0 spiro atoms. The Labute approximate surface area is 84.1 Å². The lowest BCUT2D eigenvalue weighted by Crippen LogP contribution is -2.04. The zero-order chi connectivity index (χ0) is 10.4. The first-order valence-corrected chi connectivity index (χ1v) is 4.92. The number of furan rings is 1. The van der Waals surface area contributed by atoms with E-state index in [0.717, 1.165) is 24.2 Å². The Bertz CT molecular complexity index is 288. The van der Waals surface area contributed by atoms with Crippen LogP contribution in [0.4, 0.5) is 0 Å². The molecule has 0 fully saturated rings. The number of carbonyl (C=O) groups excluding carboxylic acids is 1. The number of ether oxygens (including phenoxy) is 1. The molecule has 0 unspecified atom stereocenters. The van der Waals surface area contributed by atoms with E-state index < -0.39 is 0 Å². The van der Waals surface area contributed by atoms with Crippen molar-refractivity contribution >= 4 is 5.97 Å². The molecule has 14 heavy (non-hydrogen) atoms. The van der Waals surface area contributed by atoms with Crippen molar-refractivity contribution in [3.8, 4) is 0 Å². The summed E-state index contributed by atoms with van der Waals surface area (Å²) in [5.41, 5.74) is 1.02. The van der Waals surface area contributed by atoms with Crippen molar-refractivity contribution in [2.24, 2.45) is 0 Å². The molecule has 0 aliphatic carbocycles. The van der Waals surface area contributed by atoms with Gasteiger partial charge in [-0.15, -0.1) is 0 Å². The molecule has 0 radical (unpaired) electrons. The predicted octanol–water partition coefficient (Wildman–Crippen LogP) is 2.82. The van der Waals surface area contributed by atoms with Gasteiger partial charge < -0.3 is 9.15 Å². The average molecular weight is 196 g/mol. The van der Waals surface area contributed by atoms with E-state index in [0.29, 0.717) is 6.42 Å². The van der Waals surface area contributed by atoms with Crippen LogP contribution in [0.2, 0.25) is 0 Å². The third-order valence-corrected chi connectivity index (χ3v) is 2.07. The number of carbonyl (C=O) groups is 1. The first kappa shape index (κ1) is 10.8. The standard InChI is InChI=1S/C11H16O3/c1-3-4-5-11(12)14-8-10-9(2)6-7-13-10/h6-7H,3-5,8H2,1-2H3. The van der Waals surface area contributed by atoms with Crippen molar-refractivity contribution in [1.29, 1.82) is 0 Å². The minimum absolute atomic E-state index is 0.150. The Hall–Kier alpha value is -1.25. The third kappa shape index (κ3) is 3.24. The van der Waals surface area contributed by atoms with Gasteiger partial charge in [-0.05, 0) is 25.0 Å². The Balaban J connectivity index is 2.27. The van der Waals surface area contributed by atoms with Gasteiger partial charge in [0.05, 0.1) is 6.26 Å². The Morgan fingerprint density at radius 2 is 2.36 bits per heavy atom. The second-order valence-corrected chi connectivity index (χ2v) is 3.29. The van der Waals surface area contributed by atoms with Crippen LogP contribution in [0, 0.1) is 6.92 Å². The summed E-state index contributed by atoms with van der Waals surface area (Å²) >= 11 is 0. The van der Waals surface area contributed by atoms with Crippen LogP contribution >= 0.6 is 0 Å². The highest BCUT2D eigenvalue weighted by Gasteiger charge is 2.06. The molecule has 1 aromatic rings. The van der Waals surface area contributed by atoms with Gasteiger partial charge in [0.15, 0.2) is 0 Å². The summed E-state index contributed by atoms with van der Waals surface area (Å²) in [5, 5.41) is 0. The van der Waals surface area contributed by atoms with Gasteiger partial charge in [0.2, 0.25) is 0 Å². The smallest absolute Gasteiger partial charge is 0.306 e. The molecule has 1 rings (SSSR count). The van der Waals surface area contributed by atoms with Crippen molar-refractivity contribution in [2.45, 2.75) is 39.7 Å². The van der Waals surface area contributed by atoms with Crippen LogP contribution in [0.15, 0.2) is 16.7 Å². The van der Waals surface area contributed by atoms with E-state index in [4.69, 9.17) is 9.15 Å². The molecule has 1 aromatic heterocycles. The number of esters is 1. The number of hydrogen-bond acceptors (Lipinski definition) is 3. The molecule has 0 bridgehead atoms. The summed E-state index contributed by atoms with van der Waals surface area (Å²) in [7, 11) is 0. The van der Waals surface area contributed by atoms with Crippen LogP contribution in [-0.2, 0) is 16.1 Å². The Morgan fingerprint density at radius 1 is 1.57 bits per heavy atom. The number of aryl methyl sites for hydroxylation is 1. The van der Waals surface area contributed by atoms with Crippen molar-refractivity contribution in [1.82, 2.24) is 0 Å². The SMILES string of the molecule is CCCCC(=O)OCc1occc1C. The largest absolute Gasteiger partial charge is 0.465 e. The monoisotopic (exact) mass is 196 g/mol. The van der Waals surface area contributed by atoms with Gasteiger partial charge in [-0.2, -0.15) is 0 Å². The average Bonchev–Trinajstić information content (AvgIpc) is 2.58. The van der Waals surface area contributed by atoms with Crippen LogP contribution in [0.1, 0.15) is 37.5 Å². The van der Waals surface area contributed by atoms with Gasteiger partial charge in [0, 0.05) is 6.42 Å². The van der Waals surface area contributed by atoms with Gasteiger partial charge in [0.1, 0.15) is 12.4 Å². The second kappa shape index (κ2) is 5.47. The van der Waals surface area contributed by atoms with Crippen LogP contribution in [-0.4, -0.2) is 5.97 Å². The molecule has 0 aromatic carbocycles. The van der Waals surface area contributed by atoms with Crippen LogP contribution in [0.25, 0.3) is 0 Å². The highest BCUT2D eigenvalue weighted by atomic mass is 16.5. The van der Waals surface area contributed by atoms with Gasteiger partial charge in [-0.1, -0.05) is 13.3 Å². The van der Waals surface area contributed by atoms with Crippen molar-refractivity contribution < 1.29 is 13.9 Å². The van der Waals surface area contributed by atoms with E-state index in [1.807, 2.05) is 19.9 Å². The maximum absolute atomic E-state index is 11.1. The summed E-state index contributed by atoms with van der Waals surface area (Å²) in [6, 6.07) is 1.86. The molecule has 1 heterocycles. The maximum atomic E-state index is 11.1. The van der Waals surface area contributed by atoms with E-state index in [1.165, 1.54) is 0 Å². The molecule has 0 atom stereocenters. The fourth-order valence-corrected chi connectivity index (χ4v) is 1.09. The van der Waals surface area contributed by atoms with Gasteiger partial charge >= 0.3 is 5.97 Å². The fourth-order valence-electron chi connectivity index (χ4n) is 1.09. The topological polar surface area (TPSA) is 39.4 Å². The molecular weight excluding hydrogens is 180 g/mol. The summed E-state index contributed by atoms with van der Waals surface area (Å²) in [5.74, 6) is 0.581. The summed E-state index contributed by atoms with van der Waals surface area (Å²) < 4.78 is 10.2. The number of hydrogen-bond donors (Lipinski definition) is 0. The minimum Gasteiger partial charge on any atom is -0.465 e. The minimum atomic E-state index is -0.150.